The number of nitrogens with one attached hydrogen (secondary N) is 1. The quantitative estimate of drug-likeness (QED) is 0.819. The second kappa shape index (κ2) is 7.66. The second-order valence-electron chi connectivity index (χ2n) is 4.48. The first-order valence-corrected chi connectivity index (χ1v) is 7.73. The fourth-order valence-electron chi connectivity index (χ4n) is 1.91. The Hall–Kier alpha value is -1.27. The van der Waals surface area contributed by atoms with E-state index in [4.69, 9.17) is 21.1 Å². The van der Waals surface area contributed by atoms with Crippen LogP contribution < -0.4 is 14.8 Å². The van der Waals surface area contributed by atoms with Gasteiger partial charge in [0.1, 0.15) is 11.5 Å². The fraction of sp³-hybridized carbons (Fsp3) is 0.333. The number of thiophene rings is 1. The zero-order valence-corrected chi connectivity index (χ0v) is 13.5. The summed E-state index contributed by atoms with van der Waals surface area (Å²) >= 11 is 7.62. The summed E-state index contributed by atoms with van der Waals surface area (Å²) in [5.74, 6) is 1.31. The molecule has 0 radical (unpaired) electrons. The van der Waals surface area contributed by atoms with Gasteiger partial charge in [-0.25, -0.2) is 0 Å². The van der Waals surface area contributed by atoms with Gasteiger partial charge in [-0.3, -0.25) is 0 Å². The number of halogens is 1. The molecule has 6 heteroatoms. The van der Waals surface area contributed by atoms with Gasteiger partial charge in [-0.05, 0) is 29.1 Å². The summed E-state index contributed by atoms with van der Waals surface area (Å²) in [6, 6.07) is 7.24. The molecule has 21 heavy (non-hydrogen) atoms. The molecule has 0 fully saturated rings. The summed E-state index contributed by atoms with van der Waals surface area (Å²) in [7, 11) is 3.17. The van der Waals surface area contributed by atoms with Crippen molar-refractivity contribution in [2.24, 2.45) is 0 Å². The molecule has 0 aliphatic heterocycles. The van der Waals surface area contributed by atoms with Crippen molar-refractivity contribution in [3.8, 4) is 11.5 Å². The zero-order chi connectivity index (χ0) is 15.2. The van der Waals surface area contributed by atoms with Crippen LogP contribution in [0.4, 0.5) is 0 Å². The number of methoxy groups -OCH3 is 2. The Balaban J connectivity index is 1.96. The highest BCUT2D eigenvalue weighted by molar-refractivity contribution is 7.10. The van der Waals surface area contributed by atoms with Crippen molar-refractivity contribution in [2.45, 2.75) is 12.6 Å². The number of hydrogen-bond acceptors (Lipinski definition) is 5. The molecule has 2 rings (SSSR count). The van der Waals surface area contributed by atoms with Crippen LogP contribution in [0.15, 0.2) is 29.6 Å². The van der Waals surface area contributed by atoms with E-state index < -0.39 is 6.10 Å². The van der Waals surface area contributed by atoms with Crippen molar-refractivity contribution in [1.29, 1.82) is 0 Å². The molecular formula is C15H18ClNO3S. The van der Waals surface area contributed by atoms with Gasteiger partial charge in [0.25, 0.3) is 0 Å². The molecule has 2 aromatic rings. The first kappa shape index (κ1) is 16.1. The van der Waals surface area contributed by atoms with Gasteiger partial charge >= 0.3 is 0 Å². The lowest BCUT2D eigenvalue weighted by Crippen LogP contribution is -2.20. The zero-order valence-electron chi connectivity index (χ0n) is 11.9. The topological polar surface area (TPSA) is 50.7 Å². The summed E-state index contributed by atoms with van der Waals surface area (Å²) in [5.41, 5.74) is 0.746. The Bertz CT molecular complexity index is 566. The van der Waals surface area contributed by atoms with E-state index in [1.54, 1.807) is 43.8 Å². The predicted molar refractivity (Wildman–Crippen MR) is 85.5 cm³/mol. The Labute approximate surface area is 133 Å². The maximum absolute atomic E-state index is 10.3. The average Bonchev–Trinajstić information content (AvgIpc) is 2.92. The molecular weight excluding hydrogens is 310 g/mol. The van der Waals surface area contributed by atoms with Gasteiger partial charge in [-0.15, -0.1) is 11.3 Å². The smallest absolute Gasteiger partial charge is 0.122 e. The highest BCUT2D eigenvalue weighted by Crippen LogP contribution is 2.26. The molecule has 0 unspecified atom stereocenters. The molecule has 1 aromatic carbocycles. The minimum Gasteiger partial charge on any atom is -0.497 e. The average molecular weight is 328 g/mol. The molecule has 1 atom stereocenters. The second-order valence-corrected chi connectivity index (χ2v) is 5.89. The Morgan fingerprint density at radius 3 is 2.43 bits per heavy atom. The third-order valence-electron chi connectivity index (χ3n) is 3.07. The summed E-state index contributed by atoms with van der Waals surface area (Å²) in [5, 5.41) is 16.2. The van der Waals surface area contributed by atoms with Crippen LogP contribution in [0.1, 0.15) is 16.5 Å². The summed E-state index contributed by atoms with van der Waals surface area (Å²) in [6.45, 7) is 1.05. The van der Waals surface area contributed by atoms with Crippen molar-refractivity contribution < 1.29 is 14.6 Å². The first-order chi connectivity index (χ1) is 10.1. The van der Waals surface area contributed by atoms with E-state index in [0.29, 0.717) is 24.6 Å². The van der Waals surface area contributed by atoms with E-state index in [0.717, 1.165) is 15.5 Å². The number of benzene rings is 1. The Morgan fingerprint density at radius 1 is 1.24 bits per heavy atom. The van der Waals surface area contributed by atoms with Crippen LogP contribution in [-0.4, -0.2) is 25.9 Å². The van der Waals surface area contributed by atoms with Crippen molar-refractivity contribution in [2.75, 3.05) is 20.8 Å². The van der Waals surface area contributed by atoms with E-state index >= 15 is 0 Å². The number of rotatable bonds is 7. The van der Waals surface area contributed by atoms with Gasteiger partial charge in [-0.1, -0.05) is 11.6 Å². The monoisotopic (exact) mass is 327 g/mol. The molecule has 0 bridgehead atoms. The molecule has 0 saturated heterocycles. The lowest BCUT2D eigenvalue weighted by molar-refractivity contribution is 0.173. The minimum atomic E-state index is -0.646. The molecule has 0 saturated carbocycles. The van der Waals surface area contributed by atoms with E-state index in [2.05, 4.69) is 5.32 Å². The molecule has 1 heterocycles. The van der Waals surface area contributed by atoms with Gasteiger partial charge in [0.15, 0.2) is 0 Å². The van der Waals surface area contributed by atoms with Crippen LogP contribution in [0.3, 0.4) is 0 Å². The molecule has 0 aliphatic rings. The standard InChI is InChI=1S/C15H18ClNO3S/c1-19-11-5-10(6-12(7-11)20-2)14(18)8-17-9-15-13(16)3-4-21-15/h3-7,14,17-18H,8-9H2,1-2H3/t14-/m1/s1. The van der Waals surface area contributed by atoms with Crippen molar-refractivity contribution in [1.82, 2.24) is 5.32 Å². The van der Waals surface area contributed by atoms with Gasteiger partial charge < -0.3 is 19.9 Å². The predicted octanol–water partition coefficient (Wildman–Crippen LogP) is 3.24. The SMILES string of the molecule is COc1cc(OC)cc([C@H](O)CNCc2sccc2Cl)c1. The molecule has 114 valence electrons. The van der Waals surface area contributed by atoms with Gasteiger partial charge in [0, 0.05) is 24.0 Å². The van der Waals surface area contributed by atoms with Gasteiger partial charge in [0.05, 0.1) is 25.3 Å². The Morgan fingerprint density at radius 2 is 1.90 bits per heavy atom. The molecule has 2 N–H and O–H groups in total. The van der Waals surface area contributed by atoms with Crippen LogP contribution in [0.5, 0.6) is 11.5 Å². The molecule has 1 aromatic heterocycles. The van der Waals surface area contributed by atoms with Crippen LogP contribution in [-0.2, 0) is 6.54 Å². The third kappa shape index (κ3) is 4.35. The number of hydrogen-bond donors (Lipinski definition) is 2. The highest BCUT2D eigenvalue weighted by Gasteiger charge is 2.11. The van der Waals surface area contributed by atoms with E-state index in [1.807, 2.05) is 11.4 Å². The summed E-state index contributed by atoms with van der Waals surface area (Å²) in [6.07, 6.45) is -0.646. The van der Waals surface area contributed by atoms with E-state index in [1.165, 1.54) is 0 Å². The summed E-state index contributed by atoms with van der Waals surface area (Å²) in [4.78, 5) is 1.06. The number of ether oxygens (including phenoxy) is 2. The minimum absolute atomic E-state index is 0.421. The lowest BCUT2D eigenvalue weighted by atomic mass is 10.1. The van der Waals surface area contributed by atoms with Gasteiger partial charge in [-0.2, -0.15) is 0 Å². The van der Waals surface area contributed by atoms with Gasteiger partial charge in [0.2, 0.25) is 0 Å². The maximum Gasteiger partial charge on any atom is 0.122 e. The van der Waals surface area contributed by atoms with E-state index in [-0.39, 0.29) is 0 Å². The normalized spacial score (nSPS) is 12.2. The first-order valence-electron chi connectivity index (χ1n) is 6.47. The number of aliphatic hydroxyl groups is 1. The molecule has 0 spiro atoms. The molecule has 0 amide bonds. The fourth-order valence-corrected chi connectivity index (χ4v) is 2.99. The van der Waals surface area contributed by atoms with Crippen molar-refractivity contribution >= 4 is 22.9 Å². The molecule has 4 nitrogen and oxygen atoms in total. The van der Waals surface area contributed by atoms with Crippen LogP contribution in [0, 0.1) is 0 Å². The summed E-state index contributed by atoms with van der Waals surface area (Å²) < 4.78 is 10.4. The van der Waals surface area contributed by atoms with E-state index in [9.17, 15) is 5.11 Å². The maximum atomic E-state index is 10.3. The van der Waals surface area contributed by atoms with Crippen LogP contribution in [0.2, 0.25) is 5.02 Å². The highest BCUT2D eigenvalue weighted by atomic mass is 35.5. The van der Waals surface area contributed by atoms with Crippen LogP contribution >= 0.6 is 22.9 Å². The van der Waals surface area contributed by atoms with Crippen LogP contribution in [0.25, 0.3) is 0 Å². The lowest BCUT2D eigenvalue weighted by Gasteiger charge is -2.14. The molecule has 0 aliphatic carbocycles. The van der Waals surface area contributed by atoms with Crippen molar-refractivity contribution in [3.63, 3.8) is 0 Å². The Kier molecular flexibility index (Phi) is 5.87. The van der Waals surface area contributed by atoms with Crippen molar-refractivity contribution in [3.05, 3.63) is 45.1 Å². The largest absolute Gasteiger partial charge is 0.497 e. The number of aliphatic hydroxyl groups excluding tert-OH is 1. The third-order valence-corrected chi connectivity index (χ3v) is 4.46.